The maximum atomic E-state index is 10.8. The molecule has 0 aliphatic heterocycles. The van der Waals surface area contributed by atoms with Gasteiger partial charge in [0.2, 0.25) is 0 Å². The van der Waals surface area contributed by atoms with Gasteiger partial charge < -0.3 is 14.6 Å². The summed E-state index contributed by atoms with van der Waals surface area (Å²) in [7, 11) is 0. The van der Waals surface area contributed by atoms with Gasteiger partial charge in [0, 0.05) is 6.42 Å². The molecule has 0 atom stereocenters. The van der Waals surface area contributed by atoms with Crippen LogP contribution in [0.5, 0.6) is 11.5 Å². The Balaban J connectivity index is 2.79. The van der Waals surface area contributed by atoms with Crippen molar-refractivity contribution >= 4 is 5.78 Å². The normalized spacial score (nSPS) is 10.0. The van der Waals surface area contributed by atoms with E-state index in [2.05, 4.69) is 0 Å². The molecule has 0 radical (unpaired) electrons. The molecule has 0 aromatic heterocycles. The summed E-state index contributed by atoms with van der Waals surface area (Å²) in [6.07, 6.45) is 1.01. The first-order chi connectivity index (χ1) is 7.15. The molecule has 0 amide bonds. The van der Waals surface area contributed by atoms with Crippen LogP contribution >= 0.6 is 0 Å². The Bertz CT molecular complexity index is 345. The van der Waals surface area contributed by atoms with Crippen LogP contribution in [0, 0.1) is 0 Å². The maximum Gasteiger partial charge on any atom is 0.161 e. The van der Waals surface area contributed by atoms with Gasteiger partial charge in [0.15, 0.2) is 11.5 Å². The minimum Gasteiger partial charge on any atom is -0.504 e. The summed E-state index contributed by atoms with van der Waals surface area (Å²) in [6.45, 7) is 3.93. The van der Waals surface area contributed by atoms with Crippen molar-refractivity contribution < 1.29 is 14.6 Å². The quantitative estimate of drug-likeness (QED) is 0.807. The van der Waals surface area contributed by atoms with Gasteiger partial charge in [-0.3, -0.25) is 0 Å². The molecule has 0 unspecified atom stereocenters. The Hall–Kier alpha value is -1.51. The van der Waals surface area contributed by atoms with E-state index >= 15 is 0 Å². The summed E-state index contributed by atoms with van der Waals surface area (Å²) in [5.74, 6) is 0.760. The molecule has 15 heavy (non-hydrogen) atoms. The lowest BCUT2D eigenvalue weighted by atomic mass is 10.1. The second kappa shape index (κ2) is 5.39. The van der Waals surface area contributed by atoms with E-state index in [9.17, 15) is 9.90 Å². The number of Topliss-reactive ketones (excluding diaryl/α,β-unsaturated/α-hetero) is 1. The van der Waals surface area contributed by atoms with Gasteiger partial charge in [0.1, 0.15) is 5.78 Å². The van der Waals surface area contributed by atoms with Crippen LogP contribution in [0.1, 0.15) is 25.8 Å². The summed E-state index contributed by atoms with van der Waals surface area (Å²) < 4.78 is 5.25. The number of carbonyl (C=O) groups is 1. The molecule has 0 aliphatic carbocycles. The maximum absolute atomic E-state index is 10.8. The molecule has 0 fully saturated rings. The average Bonchev–Trinajstić information content (AvgIpc) is 2.19. The number of aromatic hydroxyl groups is 1. The van der Waals surface area contributed by atoms with Gasteiger partial charge in [-0.2, -0.15) is 0 Å². The molecule has 1 aromatic carbocycles. The number of carbonyl (C=O) groups excluding carboxylic acids is 1. The van der Waals surface area contributed by atoms with Crippen molar-refractivity contribution in [2.24, 2.45) is 0 Å². The number of phenols is 1. The van der Waals surface area contributed by atoms with Crippen molar-refractivity contribution in [2.75, 3.05) is 6.61 Å². The zero-order valence-electron chi connectivity index (χ0n) is 9.12. The van der Waals surface area contributed by atoms with E-state index in [4.69, 9.17) is 4.74 Å². The minimum absolute atomic E-state index is 0.121. The first-order valence-corrected chi connectivity index (χ1v) is 5.08. The highest BCUT2D eigenvalue weighted by Crippen LogP contribution is 2.30. The van der Waals surface area contributed by atoms with Gasteiger partial charge in [-0.25, -0.2) is 0 Å². The van der Waals surface area contributed by atoms with Gasteiger partial charge >= 0.3 is 0 Å². The number of benzene rings is 1. The van der Waals surface area contributed by atoms with E-state index in [-0.39, 0.29) is 11.5 Å². The third kappa shape index (κ3) is 3.27. The summed E-state index contributed by atoms with van der Waals surface area (Å²) in [5.41, 5.74) is 0.760. The Morgan fingerprint density at radius 2 is 2.20 bits per heavy atom. The smallest absolute Gasteiger partial charge is 0.161 e. The molecule has 1 N–H and O–H groups in total. The standard InChI is InChI=1S/C12H16O3/c1-3-15-11-6-4-5-10(12(11)14)8-7-9(2)13/h4-6,14H,3,7-8H2,1-2H3. The Morgan fingerprint density at radius 1 is 1.47 bits per heavy atom. The van der Waals surface area contributed by atoms with Crippen LogP contribution in [0.15, 0.2) is 18.2 Å². The molecule has 1 rings (SSSR count). The Morgan fingerprint density at radius 3 is 2.80 bits per heavy atom. The predicted molar refractivity (Wildman–Crippen MR) is 58.3 cm³/mol. The van der Waals surface area contributed by atoms with E-state index in [0.29, 0.717) is 25.2 Å². The zero-order chi connectivity index (χ0) is 11.3. The fraction of sp³-hybridized carbons (Fsp3) is 0.417. The van der Waals surface area contributed by atoms with Crippen molar-refractivity contribution in [1.29, 1.82) is 0 Å². The molecular weight excluding hydrogens is 192 g/mol. The second-order valence-electron chi connectivity index (χ2n) is 3.40. The van der Waals surface area contributed by atoms with Crippen LogP contribution in [0.25, 0.3) is 0 Å². The molecule has 3 nitrogen and oxygen atoms in total. The number of ether oxygens (including phenoxy) is 1. The zero-order valence-corrected chi connectivity index (χ0v) is 9.12. The van der Waals surface area contributed by atoms with Crippen molar-refractivity contribution in [1.82, 2.24) is 0 Å². The van der Waals surface area contributed by atoms with Crippen LogP contribution in [0.4, 0.5) is 0 Å². The molecule has 3 heteroatoms. The third-order valence-corrected chi connectivity index (χ3v) is 2.13. The molecule has 82 valence electrons. The number of hydrogen-bond donors (Lipinski definition) is 1. The molecule has 1 aromatic rings. The highest BCUT2D eigenvalue weighted by molar-refractivity contribution is 5.75. The summed E-state index contributed by atoms with van der Waals surface area (Å²) in [5, 5.41) is 9.80. The number of rotatable bonds is 5. The topological polar surface area (TPSA) is 46.5 Å². The van der Waals surface area contributed by atoms with E-state index < -0.39 is 0 Å². The second-order valence-corrected chi connectivity index (χ2v) is 3.40. The Kier molecular flexibility index (Phi) is 4.16. The molecular formula is C12H16O3. The minimum atomic E-state index is 0.121. The summed E-state index contributed by atoms with van der Waals surface area (Å²) in [4.78, 5) is 10.8. The van der Waals surface area contributed by atoms with Crippen molar-refractivity contribution in [3.63, 3.8) is 0 Å². The van der Waals surface area contributed by atoms with Crippen molar-refractivity contribution in [3.8, 4) is 11.5 Å². The molecule has 0 aliphatic rings. The number of para-hydroxylation sites is 1. The van der Waals surface area contributed by atoms with E-state index in [1.165, 1.54) is 0 Å². The van der Waals surface area contributed by atoms with Crippen molar-refractivity contribution in [2.45, 2.75) is 26.7 Å². The Labute approximate surface area is 89.7 Å². The van der Waals surface area contributed by atoms with Crippen LogP contribution in [-0.4, -0.2) is 17.5 Å². The molecule has 0 spiro atoms. The lowest BCUT2D eigenvalue weighted by Crippen LogP contribution is -1.97. The van der Waals surface area contributed by atoms with E-state index in [1.54, 1.807) is 19.1 Å². The van der Waals surface area contributed by atoms with E-state index in [0.717, 1.165) is 5.56 Å². The fourth-order valence-corrected chi connectivity index (χ4v) is 1.35. The third-order valence-electron chi connectivity index (χ3n) is 2.13. The highest BCUT2D eigenvalue weighted by Gasteiger charge is 2.07. The van der Waals surface area contributed by atoms with Gasteiger partial charge in [-0.05, 0) is 31.9 Å². The van der Waals surface area contributed by atoms with Gasteiger partial charge in [0.25, 0.3) is 0 Å². The van der Waals surface area contributed by atoms with Crippen LogP contribution in [0.2, 0.25) is 0 Å². The van der Waals surface area contributed by atoms with Gasteiger partial charge in [-0.1, -0.05) is 12.1 Å². The first-order valence-electron chi connectivity index (χ1n) is 5.08. The van der Waals surface area contributed by atoms with Crippen LogP contribution in [-0.2, 0) is 11.2 Å². The van der Waals surface area contributed by atoms with Crippen LogP contribution in [0.3, 0.4) is 0 Å². The average molecular weight is 208 g/mol. The number of aryl methyl sites for hydroxylation is 1. The SMILES string of the molecule is CCOc1cccc(CCC(C)=O)c1O. The fourth-order valence-electron chi connectivity index (χ4n) is 1.35. The number of ketones is 1. The first kappa shape index (κ1) is 11.6. The lowest BCUT2D eigenvalue weighted by Gasteiger charge is -2.09. The van der Waals surface area contributed by atoms with E-state index in [1.807, 2.05) is 13.0 Å². The molecule has 0 saturated carbocycles. The monoisotopic (exact) mass is 208 g/mol. The van der Waals surface area contributed by atoms with Crippen LogP contribution < -0.4 is 4.74 Å². The van der Waals surface area contributed by atoms with Crippen molar-refractivity contribution in [3.05, 3.63) is 23.8 Å². The highest BCUT2D eigenvalue weighted by atomic mass is 16.5. The summed E-state index contributed by atoms with van der Waals surface area (Å²) in [6, 6.07) is 5.34. The number of hydrogen-bond acceptors (Lipinski definition) is 3. The number of phenolic OH excluding ortho intramolecular Hbond substituents is 1. The molecule has 0 bridgehead atoms. The molecule has 0 saturated heterocycles. The lowest BCUT2D eigenvalue weighted by molar-refractivity contribution is -0.116. The molecule has 0 heterocycles. The largest absolute Gasteiger partial charge is 0.504 e. The van der Waals surface area contributed by atoms with Gasteiger partial charge in [0.05, 0.1) is 6.61 Å². The van der Waals surface area contributed by atoms with Gasteiger partial charge in [-0.15, -0.1) is 0 Å². The predicted octanol–water partition coefficient (Wildman–Crippen LogP) is 2.31. The summed E-state index contributed by atoms with van der Waals surface area (Å²) >= 11 is 0.